The van der Waals surface area contributed by atoms with E-state index in [4.69, 9.17) is 4.52 Å². The summed E-state index contributed by atoms with van der Waals surface area (Å²) in [5.74, 6) is 1.49. The van der Waals surface area contributed by atoms with Gasteiger partial charge in [0, 0.05) is 17.5 Å². The molecule has 0 spiro atoms. The molecule has 148 valence electrons. The molecule has 2 aliphatic heterocycles. The fraction of sp³-hybridized carbons (Fsp3) is 0.368. The summed E-state index contributed by atoms with van der Waals surface area (Å²) in [6.07, 6.45) is 5.01. The number of aromatic nitrogens is 4. The van der Waals surface area contributed by atoms with E-state index in [2.05, 4.69) is 25.7 Å². The summed E-state index contributed by atoms with van der Waals surface area (Å²) < 4.78 is 34.7. The molecule has 3 atom stereocenters. The average Bonchev–Trinajstić information content (AvgIpc) is 3.46. The molecule has 0 saturated heterocycles. The molecule has 1 saturated carbocycles. The number of amidine groups is 1. The van der Waals surface area contributed by atoms with Gasteiger partial charge in [-0.1, -0.05) is 18.0 Å². The van der Waals surface area contributed by atoms with Crippen LogP contribution < -0.4 is 10.3 Å². The first-order valence-corrected chi connectivity index (χ1v) is 9.66. The molecular weight excluding hydrogens is 380 g/mol. The number of anilines is 1. The molecule has 3 unspecified atom stereocenters. The largest absolute Gasteiger partial charge is 0.334 e. The van der Waals surface area contributed by atoms with E-state index in [1.807, 2.05) is 4.90 Å². The summed E-state index contributed by atoms with van der Waals surface area (Å²) in [4.78, 5) is 10.2. The predicted octanol–water partition coefficient (Wildman–Crippen LogP) is 3.05. The van der Waals surface area contributed by atoms with Crippen molar-refractivity contribution in [3.63, 3.8) is 0 Å². The van der Waals surface area contributed by atoms with Gasteiger partial charge in [0.2, 0.25) is 11.7 Å². The van der Waals surface area contributed by atoms with Gasteiger partial charge in [-0.15, -0.1) is 0 Å². The van der Waals surface area contributed by atoms with E-state index in [0.717, 1.165) is 25.7 Å². The summed E-state index contributed by atoms with van der Waals surface area (Å²) in [6.45, 7) is 0. The van der Waals surface area contributed by atoms with Gasteiger partial charge < -0.3 is 4.52 Å². The van der Waals surface area contributed by atoms with Gasteiger partial charge in [0.15, 0.2) is 0 Å². The molecule has 1 fully saturated rings. The van der Waals surface area contributed by atoms with E-state index >= 15 is 0 Å². The molecule has 3 aliphatic rings. The zero-order valence-electron chi connectivity index (χ0n) is 15.3. The molecule has 29 heavy (non-hydrogen) atoms. The van der Waals surface area contributed by atoms with Gasteiger partial charge >= 0.3 is 0 Å². The maximum Gasteiger partial charge on any atom is 0.291 e. The van der Waals surface area contributed by atoms with Gasteiger partial charge in [-0.2, -0.15) is 14.5 Å². The zero-order valence-corrected chi connectivity index (χ0v) is 15.3. The number of rotatable bonds is 2. The van der Waals surface area contributed by atoms with Gasteiger partial charge in [0.25, 0.3) is 12.0 Å². The van der Waals surface area contributed by atoms with E-state index in [-0.39, 0.29) is 35.7 Å². The zero-order chi connectivity index (χ0) is 19.5. The Morgan fingerprint density at radius 2 is 1.93 bits per heavy atom. The molecule has 2 aromatic heterocycles. The van der Waals surface area contributed by atoms with Crippen LogP contribution in [-0.4, -0.2) is 31.7 Å². The monoisotopic (exact) mass is 397 g/mol. The van der Waals surface area contributed by atoms with Crippen molar-refractivity contribution in [3.05, 3.63) is 48.2 Å². The van der Waals surface area contributed by atoms with Crippen LogP contribution >= 0.6 is 0 Å². The predicted molar refractivity (Wildman–Crippen MR) is 98.8 cm³/mol. The molecule has 0 bridgehead atoms. The molecule has 8 nitrogen and oxygen atoms in total. The van der Waals surface area contributed by atoms with Crippen LogP contribution in [0.2, 0.25) is 0 Å². The summed E-state index contributed by atoms with van der Waals surface area (Å²) in [7, 11) is 0. The molecule has 6 rings (SSSR count). The van der Waals surface area contributed by atoms with Crippen LogP contribution in [0.5, 0.6) is 0 Å². The summed E-state index contributed by atoms with van der Waals surface area (Å²) in [6, 6.07) is 5.87. The Labute approximate surface area is 164 Å². The van der Waals surface area contributed by atoms with Gasteiger partial charge in [-0.05, 0) is 37.1 Å². The smallest absolute Gasteiger partial charge is 0.291 e. The number of nitrogens with zero attached hydrogens (tertiary/aromatic N) is 6. The molecule has 0 radical (unpaired) electrons. The van der Waals surface area contributed by atoms with Crippen molar-refractivity contribution in [2.75, 3.05) is 4.90 Å². The number of imidazole rings is 1. The lowest BCUT2D eigenvalue weighted by atomic mass is 9.80. The highest BCUT2D eigenvalue weighted by atomic mass is 19.1. The maximum atomic E-state index is 14.5. The van der Waals surface area contributed by atoms with Gasteiger partial charge in [0.05, 0.1) is 6.20 Å². The highest BCUT2D eigenvalue weighted by Crippen LogP contribution is 2.46. The second-order valence-electron chi connectivity index (χ2n) is 7.58. The van der Waals surface area contributed by atoms with Crippen molar-refractivity contribution < 1.29 is 13.3 Å². The van der Waals surface area contributed by atoms with E-state index in [1.165, 1.54) is 18.3 Å². The van der Waals surface area contributed by atoms with Crippen LogP contribution in [0.1, 0.15) is 37.5 Å². The van der Waals surface area contributed by atoms with Crippen LogP contribution in [-0.2, 0) is 0 Å². The molecule has 1 aromatic carbocycles. The third kappa shape index (κ3) is 2.41. The Morgan fingerprint density at radius 1 is 1.10 bits per heavy atom. The van der Waals surface area contributed by atoms with Gasteiger partial charge in [-0.25, -0.2) is 9.37 Å². The van der Waals surface area contributed by atoms with Gasteiger partial charge in [-0.3, -0.25) is 14.9 Å². The van der Waals surface area contributed by atoms with Crippen molar-refractivity contribution in [3.8, 4) is 11.5 Å². The average molecular weight is 397 g/mol. The molecular formula is C19H17F2N7O. The molecule has 3 aromatic rings. The second-order valence-corrected chi connectivity index (χ2v) is 7.58. The third-order valence-electron chi connectivity index (χ3n) is 6.02. The Bertz CT molecular complexity index is 1110. The van der Waals surface area contributed by atoms with E-state index in [9.17, 15) is 8.78 Å². The summed E-state index contributed by atoms with van der Waals surface area (Å²) >= 11 is 0. The highest BCUT2D eigenvalue weighted by molar-refractivity contribution is 6.08. The topological polar surface area (TPSA) is 84.4 Å². The Kier molecular flexibility index (Phi) is 3.50. The molecule has 1 N–H and O–H groups in total. The van der Waals surface area contributed by atoms with Crippen LogP contribution in [0.3, 0.4) is 0 Å². The van der Waals surface area contributed by atoms with E-state index < -0.39 is 6.08 Å². The summed E-state index contributed by atoms with van der Waals surface area (Å²) in [5, 5.41) is 8.51. The van der Waals surface area contributed by atoms with Crippen molar-refractivity contribution in [1.82, 2.24) is 25.1 Å². The fourth-order valence-electron chi connectivity index (χ4n) is 4.73. The third-order valence-corrected chi connectivity index (χ3v) is 6.02. The Hall–Kier alpha value is -3.30. The number of hydrogen-bond donors (Lipinski definition) is 1. The molecule has 1 aliphatic carbocycles. The summed E-state index contributed by atoms with van der Waals surface area (Å²) in [5.41, 5.74) is 3.80. The minimum absolute atomic E-state index is 0.0598. The minimum atomic E-state index is -0.485. The number of hydrazone groups is 1. The Balaban J connectivity index is 1.40. The second kappa shape index (κ2) is 6.10. The van der Waals surface area contributed by atoms with Crippen molar-refractivity contribution >= 4 is 11.7 Å². The SMILES string of the molecule is Fc1ccc(-c2nc(C3=NNC4C5CCCCC5n5c(cnc5F)N34)no2)cc1. The first-order valence-electron chi connectivity index (χ1n) is 9.66. The van der Waals surface area contributed by atoms with Crippen LogP contribution in [0.4, 0.5) is 14.6 Å². The van der Waals surface area contributed by atoms with Crippen molar-refractivity contribution in [1.29, 1.82) is 0 Å². The lowest BCUT2D eigenvalue weighted by molar-refractivity contribution is 0.161. The van der Waals surface area contributed by atoms with E-state index in [0.29, 0.717) is 17.2 Å². The number of halogens is 2. The Morgan fingerprint density at radius 3 is 2.79 bits per heavy atom. The normalized spacial score (nSPS) is 25.1. The number of hydrogen-bond acceptors (Lipinski definition) is 7. The molecule has 10 heteroatoms. The number of nitrogens with one attached hydrogen (secondary N) is 1. The fourth-order valence-corrected chi connectivity index (χ4v) is 4.73. The van der Waals surface area contributed by atoms with Crippen LogP contribution in [0.25, 0.3) is 11.5 Å². The van der Waals surface area contributed by atoms with Crippen molar-refractivity contribution in [2.24, 2.45) is 11.0 Å². The molecule has 4 heterocycles. The lowest BCUT2D eigenvalue weighted by Crippen LogP contribution is -2.54. The van der Waals surface area contributed by atoms with Crippen LogP contribution in [0.15, 0.2) is 40.1 Å². The first kappa shape index (κ1) is 16.6. The van der Waals surface area contributed by atoms with Crippen molar-refractivity contribution in [2.45, 2.75) is 37.9 Å². The number of fused-ring (bicyclic) bond motifs is 6. The first-order chi connectivity index (χ1) is 14.2. The quantitative estimate of drug-likeness (QED) is 0.716. The minimum Gasteiger partial charge on any atom is -0.334 e. The maximum absolute atomic E-state index is 14.5. The van der Waals surface area contributed by atoms with E-state index in [1.54, 1.807) is 16.7 Å². The number of benzene rings is 1. The lowest BCUT2D eigenvalue weighted by Gasteiger charge is -2.45. The standard InChI is InChI=1S/C19H17F2N7O/c20-11-7-5-10(6-8-11)18-23-15(26-29-18)17-25-24-16-12-3-1-2-4-13(12)27-14(28(16)17)9-22-19(27)21/h5-9,12-13,16,24H,1-4H2. The molecule has 0 amide bonds. The highest BCUT2D eigenvalue weighted by Gasteiger charge is 2.48. The van der Waals surface area contributed by atoms with Crippen LogP contribution in [0, 0.1) is 17.8 Å². The van der Waals surface area contributed by atoms with Gasteiger partial charge in [0.1, 0.15) is 17.8 Å².